The van der Waals surface area contributed by atoms with Crippen LogP contribution in [-0.4, -0.2) is 26.0 Å². The van der Waals surface area contributed by atoms with Crippen molar-refractivity contribution in [2.75, 3.05) is 11.1 Å². The first-order valence-electron chi connectivity index (χ1n) is 8.28. The number of rotatable bonds is 6. The van der Waals surface area contributed by atoms with Crippen LogP contribution in [0.2, 0.25) is 0 Å². The summed E-state index contributed by atoms with van der Waals surface area (Å²) in [6.07, 6.45) is 6.49. The predicted octanol–water partition coefficient (Wildman–Crippen LogP) is 3.87. The number of hydrogen-bond acceptors (Lipinski definition) is 2. The van der Waals surface area contributed by atoms with Gasteiger partial charge in [-0.25, -0.2) is 4.39 Å². The van der Waals surface area contributed by atoms with E-state index in [0.717, 1.165) is 19.3 Å². The van der Waals surface area contributed by atoms with Gasteiger partial charge >= 0.3 is 0 Å². The van der Waals surface area contributed by atoms with Crippen molar-refractivity contribution in [2.24, 2.45) is 11.8 Å². The standard InChI is InChI=1S/C18H21ClFNO2S/c1-2-3-10-24(23)18(13-5-4-12(11-13)16(18)19)17(22)21-15-8-6-14(20)7-9-15/h4-9,12-13,16H,2-3,10-11H2,1H3,(H,21,22)/t12-,13+,16-,18+,24?/m0/s1. The Labute approximate surface area is 149 Å². The summed E-state index contributed by atoms with van der Waals surface area (Å²) in [5.74, 6) is -0.245. The number of hydrogen-bond donors (Lipinski definition) is 1. The number of anilines is 1. The number of alkyl halides is 1. The highest BCUT2D eigenvalue weighted by molar-refractivity contribution is 7.87. The molecule has 0 heterocycles. The second-order valence-electron chi connectivity index (χ2n) is 6.45. The summed E-state index contributed by atoms with van der Waals surface area (Å²) in [6, 6.07) is 5.58. The fourth-order valence-corrected chi connectivity index (χ4v) is 6.51. The number of nitrogens with one attached hydrogen (secondary N) is 1. The number of carbonyl (C=O) groups excluding carboxylic acids is 1. The van der Waals surface area contributed by atoms with Crippen LogP contribution in [0.4, 0.5) is 10.1 Å². The molecule has 0 spiro atoms. The molecule has 3 nitrogen and oxygen atoms in total. The van der Waals surface area contributed by atoms with Gasteiger partial charge in [-0.05, 0) is 43.0 Å². The van der Waals surface area contributed by atoms with E-state index in [0.29, 0.717) is 11.4 Å². The third-order valence-electron chi connectivity index (χ3n) is 4.97. The first kappa shape index (κ1) is 17.6. The van der Waals surface area contributed by atoms with E-state index >= 15 is 0 Å². The molecule has 6 heteroatoms. The van der Waals surface area contributed by atoms with E-state index in [2.05, 4.69) is 5.32 Å². The maximum atomic E-state index is 13.1. The highest BCUT2D eigenvalue weighted by atomic mass is 35.5. The molecular weight excluding hydrogens is 349 g/mol. The Bertz CT molecular complexity index is 678. The van der Waals surface area contributed by atoms with Crippen molar-refractivity contribution in [2.45, 2.75) is 36.3 Å². The Balaban J connectivity index is 1.90. The predicted molar refractivity (Wildman–Crippen MR) is 96.1 cm³/mol. The van der Waals surface area contributed by atoms with Crippen molar-refractivity contribution in [1.82, 2.24) is 0 Å². The van der Waals surface area contributed by atoms with E-state index in [1.54, 1.807) is 0 Å². The van der Waals surface area contributed by atoms with Crippen LogP contribution in [0.3, 0.4) is 0 Å². The van der Waals surface area contributed by atoms with Gasteiger partial charge in [0, 0.05) is 28.2 Å². The summed E-state index contributed by atoms with van der Waals surface area (Å²) in [5.41, 5.74) is 0.490. The zero-order chi connectivity index (χ0) is 17.3. The highest BCUT2D eigenvalue weighted by Crippen LogP contribution is 2.53. The molecule has 2 aliphatic rings. The summed E-state index contributed by atoms with van der Waals surface area (Å²) >= 11 is 6.63. The number of amides is 1. The molecule has 2 bridgehead atoms. The maximum Gasteiger partial charge on any atom is 0.245 e. The lowest BCUT2D eigenvalue weighted by Gasteiger charge is -2.36. The molecule has 1 aromatic carbocycles. The molecule has 0 radical (unpaired) electrons. The smallest absolute Gasteiger partial charge is 0.245 e. The third-order valence-corrected chi connectivity index (χ3v) is 7.92. The average molecular weight is 370 g/mol. The normalized spacial score (nSPS) is 32.0. The van der Waals surface area contributed by atoms with E-state index in [1.165, 1.54) is 24.3 Å². The average Bonchev–Trinajstić information content (AvgIpc) is 3.15. The van der Waals surface area contributed by atoms with Gasteiger partial charge in [0.25, 0.3) is 0 Å². The Hall–Kier alpha value is -1.20. The Morgan fingerprint density at radius 1 is 1.38 bits per heavy atom. The first-order chi connectivity index (χ1) is 11.5. The lowest BCUT2D eigenvalue weighted by atomic mass is 9.91. The largest absolute Gasteiger partial charge is 0.325 e. The van der Waals surface area contributed by atoms with Gasteiger partial charge in [0.05, 0.1) is 5.38 Å². The van der Waals surface area contributed by atoms with Crippen molar-refractivity contribution < 1.29 is 13.4 Å². The van der Waals surface area contributed by atoms with E-state index in [1.807, 2.05) is 19.1 Å². The zero-order valence-corrected chi connectivity index (χ0v) is 15.1. The van der Waals surface area contributed by atoms with Crippen LogP contribution in [0.5, 0.6) is 0 Å². The molecule has 5 atom stereocenters. The molecule has 24 heavy (non-hydrogen) atoms. The molecule has 0 aliphatic heterocycles. The van der Waals surface area contributed by atoms with Gasteiger partial charge in [0.15, 0.2) is 0 Å². The van der Waals surface area contributed by atoms with Crippen molar-refractivity contribution >= 4 is 34.0 Å². The van der Waals surface area contributed by atoms with Gasteiger partial charge in [-0.1, -0.05) is 25.5 Å². The monoisotopic (exact) mass is 369 g/mol. The molecule has 1 aromatic rings. The first-order valence-corrected chi connectivity index (χ1v) is 10.0. The van der Waals surface area contributed by atoms with Gasteiger partial charge in [0.1, 0.15) is 10.6 Å². The minimum absolute atomic E-state index is 0.0845. The topological polar surface area (TPSA) is 46.2 Å². The van der Waals surface area contributed by atoms with E-state index in [4.69, 9.17) is 11.6 Å². The number of allylic oxidation sites excluding steroid dienone is 2. The molecule has 130 valence electrons. The van der Waals surface area contributed by atoms with Gasteiger partial charge in [-0.3, -0.25) is 9.00 Å². The van der Waals surface area contributed by atoms with Crippen LogP contribution in [0.25, 0.3) is 0 Å². The van der Waals surface area contributed by atoms with Gasteiger partial charge < -0.3 is 5.32 Å². The number of fused-ring (bicyclic) bond motifs is 2. The lowest BCUT2D eigenvalue weighted by molar-refractivity contribution is -0.119. The van der Waals surface area contributed by atoms with Crippen molar-refractivity contribution in [3.05, 3.63) is 42.2 Å². The molecule has 1 saturated carbocycles. The molecule has 1 unspecified atom stereocenters. The lowest BCUT2D eigenvalue weighted by Crippen LogP contribution is -2.56. The third kappa shape index (κ3) is 2.82. The minimum Gasteiger partial charge on any atom is -0.325 e. The molecule has 3 rings (SSSR count). The quantitative estimate of drug-likeness (QED) is 0.611. The summed E-state index contributed by atoms with van der Waals surface area (Å²) in [4.78, 5) is 13.1. The molecule has 0 saturated heterocycles. The zero-order valence-electron chi connectivity index (χ0n) is 13.5. The second-order valence-corrected chi connectivity index (χ2v) is 8.70. The number of benzene rings is 1. The molecule has 1 fully saturated rings. The second kappa shape index (κ2) is 6.96. The van der Waals surface area contributed by atoms with Gasteiger partial charge in [-0.15, -0.1) is 11.6 Å². The number of halogens is 2. The molecule has 2 aliphatic carbocycles. The van der Waals surface area contributed by atoms with Crippen molar-refractivity contribution in [3.8, 4) is 0 Å². The van der Waals surface area contributed by atoms with Crippen LogP contribution in [0.1, 0.15) is 26.2 Å². The van der Waals surface area contributed by atoms with E-state index in [9.17, 15) is 13.4 Å². The minimum atomic E-state index is -1.36. The van der Waals surface area contributed by atoms with Gasteiger partial charge in [-0.2, -0.15) is 0 Å². The number of unbranched alkanes of at least 4 members (excludes halogenated alkanes) is 1. The van der Waals surface area contributed by atoms with Crippen molar-refractivity contribution in [1.29, 1.82) is 0 Å². The van der Waals surface area contributed by atoms with Crippen molar-refractivity contribution in [3.63, 3.8) is 0 Å². The summed E-state index contributed by atoms with van der Waals surface area (Å²) in [7, 11) is -1.36. The molecular formula is C18H21ClFNO2S. The maximum absolute atomic E-state index is 13.1. The van der Waals surface area contributed by atoms with Crippen LogP contribution in [0.15, 0.2) is 36.4 Å². The summed E-state index contributed by atoms with van der Waals surface area (Å²) < 4.78 is 25.0. The van der Waals surface area contributed by atoms with Crippen LogP contribution < -0.4 is 5.32 Å². The fraction of sp³-hybridized carbons (Fsp3) is 0.500. The SMILES string of the molecule is CCCCS(=O)[C@]1(C(=O)Nc2ccc(F)cc2)[C@@H]2C=C[C@@H](C2)[C@@H]1Cl. The molecule has 1 N–H and O–H groups in total. The highest BCUT2D eigenvalue weighted by Gasteiger charge is 2.63. The molecule has 0 aromatic heterocycles. The number of carbonyl (C=O) groups is 1. The summed E-state index contributed by atoms with van der Waals surface area (Å²) in [6.45, 7) is 2.03. The van der Waals surface area contributed by atoms with Crippen LogP contribution in [-0.2, 0) is 15.6 Å². The Morgan fingerprint density at radius 3 is 2.67 bits per heavy atom. The molecule has 1 amide bonds. The Morgan fingerprint density at radius 2 is 2.08 bits per heavy atom. The summed E-state index contributed by atoms with van der Waals surface area (Å²) in [5, 5.41) is 2.33. The van der Waals surface area contributed by atoms with E-state index in [-0.39, 0.29) is 23.6 Å². The van der Waals surface area contributed by atoms with Crippen LogP contribution in [0, 0.1) is 17.7 Å². The van der Waals surface area contributed by atoms with Crippen LogP contribution >= 0.6 is 11.6 Å². The fourth-order valence-electron chi connectivity index (χ4n) is 3.68. The van der Waals surface area contributed by atoms with Gasteiger partial charge in [0.2, 0.25) is 5.91 Å². The van der Waals surface area contributed by atoms with E-state index < -0.39 is 20.9 Å². The Kier molecular flexibility index (Phi) is 5.11.